The van der Waals surface area contributed by atoms with Crippen LogP contribution < -0.4 is 5.73 Å². The Kier molecular flexibility index (Phi) is 0.628. The Morgan fingerprint density at radius 2 is 1.56 bits per heavy atom. The van der Waals surface area contributed by atoms with Crippen molar-refractivity contribution in [2.75, 3.05) is 0 Å². The van der Waals surface area contributed by atoms with E-state index >= 15 is 0 Å². The second-order valence-corrected chi connectivity index (χ2v) is 4.07. The zero-order valence-electron chi connectivity index (χ0n) is 5.59. The first-order chi connectivity index (χ1) is 4.38. The van der Waals surface area contributed by atoms with E-state index in [1.807, 2.05) is 0 Å². The van der Waals surface area contributed by atoms with Gasteiger partial charge in [0.1, 0.15) is 0 Å². The van der Waals surface area contributed by atoms with E-state index in [9.17, 15) is 0 Å². The molecule has 0 amide bonds. The minimum Gasteiger partial charge on any atom is -0.327 e. The zero-order chi connectivity index (χ0) is 6.01. The van der Waals surface area contributed by atoms with Gasteiger partial charge in [-0.3, -0.25) is 0 Å². The van der Waals surface area contributed by atoms with Gasteiger partial charge in [-0.2, -0.15) is 0 Å². The lowest BCUT2D eigenvalue weighted by molar-refractivity contribution is 0.456. The molecule has 0 radical (unpaired) electrons. The summed E-state index contributed by atoms with van der Waals surface area (Å²) in [6, 6.07) is 0.635. The van der Waals surface area contributed by atoms with Gasteiger partial charge >= 0.3 is 0 Å². The average molecular weight is 123 g/mol. The first-order valence-electron chi connectivity index (χ1n) is 4.13. The normalized spacial score (nSPS) is 68.3. The maximum Gasteiger partial charge on any atom is 0.0108 e. The molecule has 2 N–H and O–H groups in total. The van der Waals surface area contributed by atoms with Crippen molar-refractivity contribution >= 4 is 0 Å². The lowest BCUT2D eigenvalue weighted by Gasteiger charge is -2.03. The fourth-order valence-electron chi connectivity index (χ4n) is 3.39. The van der Waals surface area contributed by atoms with Crippen LogP contribution in [-0.4, -0.2) is 6.04 Å². The van der Waals surface area contributed by atoms with Crippen LogP contribution in [0.3, 0.4) is 0 Å². The Morgan fingerprint density at radius 3 is 2.00 bits per heavy atom. The summed E-state index contributed by atoms with van der Waals surface area (Å²) < 4.78 is 0. The summed E-state index contributed by atoms with van der Waals surface area (Å²) in [6.45, 7) is 0. The van der Waals surface area contributed by atoms with Crippen LogP contribution >= 0.6 is 0 Å². The van der Waals surface area contributed by atoms with Crippen molar-refractivity contribution < 1.29 is 0 Å². The third-order valence-corrected chi connectivity index (χ3v) is 3.79. The molecule has 3 saturated carbocycles. The predicted octanol–water partition coefficient (Wildman–Crippen LogP) is 0.990. The van der Waals surface area contributed by atoms with Crippen molar-refractivity contribution in [2.45, 2.75) is 25.3 Å². The topological polar surface area (TPSA) is 26.0 Å². The van der Waals surface area contributed by atoms with E-state index in [-0.39, 0.29) is 0 Å². The summed E-state index contributed by atoms with van der Waals surface area (Å²) in [7, 11) is 0. The molecule has 0 aromatic carbocycles. The summed E-state index contributed by atoms with van der Waals surface area (Å²) in [5, 5.41) is 0. The van der Waals surface area contributed by atoms with Crippen LogP contribution in [0, 0.1) is 23.7 Å². The fraction of sp³-hybridized carbons (Fsp3) is 1.00. The largest absolute Gasteiger partial charge is 0.327 e. The minimum atomic E-state index is 0.635. The second-order valence-electron chi connectivity index (χ2n) is 4.07. The molecule has 3 aliphatic carbocycles. The molecule has 0 heterocycles. The Balaban J connectivity index is 1.96. The zero-order valence-corrected chi connectivity index (χ0v) is 5.59. The van der Waals surface area contributed by atoms with Crippen LogP contribution in [0.25, 0.3) is 0 Å². The smallest absolute Gasteiger partial charge is 0.0108 e. The Labute approximate surface area is 55.6 Å². The Bertz CT molecular complexity index is 135. The van der Waals surface area contributed by atoms with Crippen LogP contribution in [-0.2, 0) is 0 Å². The maximum atomic E-state index is 5.89. The number of hydrogen-bond acceptors (Lipinski definition) is 1. The fourth-order valence-corrected chi connectivity index (χ4v) is 3.39. The molecule has 3 fully saturated rings. The van der Waals surface area contributed by atoms with Crippen molar-refractivity contribution in [3.8, 4) is 0 Å². The molecule has 0 aliphatic heterocycles. The quantitative estimate of drug-likeness (QED) is 0.510. The average Bonchev–Trinajstić information content (AvgIpc) is 2.29. The van der Waals surface area contributed by atoms with E-state index in [4.69, 9.17) is 5.73 Å². The van der Waals surface area contributed by atoms with Crippen molar-refractivity contribution in [3.63, 3.8) is 0 Å². The van der Waals surface area contributed by atoms with Crippen LogP contribution in [0.4, 0.5) is 0 Å². The number of nitrogens with two attached hydrogens (primary N) is 1. The molecule has 0 saturated heterocycles. The highest BCUT2D eigenvalue weighted by Crippen LogP contribution is 2.64. The van der Waals surface area contributed by atoms with Crippen molar-refractivity contribution in [3.05, 3.63) is 0 Å². The summed E-state index contributed by atoms with van der Waals surface area (Å²) in [5.74, 6) is 4.11. The van der Waals surface area contributed by atoms with Crippen LogP contribution in [0.15, 0.2) is 0 Å². The molecule has 1 nitrogen and oxygen atoms in total. The lowest BCUT2D eigenvalue weighted by Crippen LogP contribution is -2.11. The van der Waals surface area contributed by atoms with Gasteiger partial charge in [0, 0.05) is 6.04 Å². The van der Waals surface area contributed by atoms with Gasteiger partial charge in [0.2, 0.25) is 0 Å². The van der Waals surface area contributed by atoms with Gasteiger partial charge in [-0.05, 0) is 42.9 Å². The highest BCUT2D eigenvalue weighted by Gasteiger charge is 2.63. The number of rotatable bonds is 0. The molecule has 2 bridgehead atoms. The van der Waals surface area contributed by atoms with Crippen LogP contribution in [0.5, 0.6) is 0 Å². The minimum absolute atomic E-state index is 0.635. The maximum absolute atomic E-state index is 5.89. The first kappa shape index (κ1) is 4.73. The van der Waals surface area contributed by atoms with E-state index in [1.165, 1.54) is 19.3 Å². The van der Waals surface area contributed by atoms with Gasteiger partial charge in [-0.25, -0.2) is 0 Å². The molecule has 9 heavy (non-hydrogen) atoms. The molecule has 1 heteroatoms. The lowest BCUT2D eigenvalue weighted by atomic mass is 10.0. The monoisotopic (exact) mass is 123 g/mol. The van der Waals surface area contributed by atoms with Crippen molar-refractivity contribution in [1.29, 1.82) is 0 Å². The predicted molar refractivity (Wildman–Crippen MR) is 35.8 cm³/mol. The van der Waals surface area contributed by atoms with Crippen LogP contribution in [0.2, 0.25) is 0 Å². The van der Waals surface area contributed by atoms with Gasteiger partial charge in [-0.1, -0.05) is 0 Å². The molecular formula is C8H13N. The molecule has 1 unspecified atom stereocenters. The third kappa shape index (κ3) is 0.389. The first-order valence-corrected chi connectivity index (χ1v) is 4.13. The molecule has 5 atom stereocenters. The third-order valence-electron chi connectivity index (χ3n) is 3.79. The molecule has 0 aromatic rings. The molecule has 0 aromatic heterocycles. The van der Waals surface area contributed by atoms with Crippen molar-refractivity contribution in [1.82, 2.24) is 0 Å². The number of fused-ring (bicyclic) bond motifs is 5. The van der Waals surface area contributed by atoms with E-state index < -0.39 is 0 Å². The molecule has 3 aliphatic rings. The summed E-state index contributed by atoms with van der Waals surface area (Å²) in [4.78, 5) is 0. The Hall–Kier alpha value is -0.0400. The van der Waals surface area contributed by atoms with Crippen LogP contribution in [0.1, 0.15) is 19.3 Å². The summed E-state index contributed by atoms with van der Waals surface area (Å²) >= 11 is 0. The summed E-state index contributed by atoms with van der Waals surface area (Å²) in [5.41, 5.74) is 5.89. The van der Waals surface area contributed by atoms with Gasteiger partial charge in [0.05, 0.1) is 0 Å². The highest BCUT2D eigenvalue weighted by atomic mass is 14.9. The SMILES string of the molecule is NC1[C@@H]2[C@@H]3CC[C@@H](C3)[C@@H]12. The van der Waals surface area contributed by atoms with E-state index in [0.29, 0.717) is 6.04 Å². The van der Waals surface area contributed by atoms with E-state index in [0.717, 1.165) is 23.7 Å². The Morgan fingerprint density at radius 1 is 1.00 bits per heavy atom. The van der Waals surface area contributed by atoms with E-state index in [1.54, 1.807) is 0 Å². The second kappa shape index (κ2) is 1.20. The standard InChI is InChI=1S/C8H13N/c9-8-6-4-1-2-5(3-4)7(6)8/h4-8H,1-3,9H2/t4-,5+,6-,7-,8?/m1/s1. The van der Waals surface area contributed by atoms with Gasteiger partial charge < -0.3 is 5.73 Å². The molecular weight excluding hydrogens is 110 g/mol. The van der Waals surface area contributed by atoms with Gasteiger partial charge in [0.15, 0.2) is 0 Å². The van der Waals surface area contributed by atoms with E-state index in [2.05, 4.69) is 0 Å². The summed E-state index contributed by atoms with van der Waals surface area (Å²) in [6.07, 6.45) is 4.53. The van der Waals surface area contributed by atoms with Gasteiger partial charge in [-0.15, -0.1) is 0 Å². The highest BCUT2D eigenvalue weighted by molar-refractivity contribution is 5.15. The van der Waals surface area contributed by atoms with Gasteiger partial charge in [0.25, 0.3) is 0 Å². The molecule has 50 valence electrons. The number of hydrogen-bond donors (Lipinski definition) is 1. The molecule has 3 rings (SSSR count). The van der Waals surface area contributed by atoms with Crippen molar-refractivity contribution in [2.24, 2.45) is 29.4 Å². The molecule has 0 spiro atoms.